The summed E-state index contributed by atoms with van der Waals surface area (Å²) in [5.74, 6) is -5.36. The first kappa shape index (κ1) is 25.8. The van der Waals surface area contributed by atoms with E-state index in [1.165, 1.54) is 69.3 Å². The zero-order valence-electron chi connectivity index (χ0n) is 18.6. The second-order valence-electron chi connectivity index (χ2n) is 7.63. The van der Waals surface area contributed by atoms with Gasteiger partial charge in [-0.05, 0) is 50.2 Å². The molecule has 1 atom stereocenters. The summed E-state index contributed by atoms with van der Waals surface area (Å²) in [6.45, 7) is 2.91. The van der Waals surface area contributed by atoms with E-state index in [9.17, 15) is 27.2 Å². The maximum absolute atomic E-state index is 14.3. The van der Waals surface area contributed by atoms with E-state index in [4.69, 9.17) is 0 Å². The van der Waals surface area contributed by atoms with Gasteiger partial charge in [0.25, 0.3) is 5.92 Å². The fourth-order valence-corrected chi connectivity index (χ4v) is 2.76. The van der Waals surface area contributed by atoms with E-state index in [1.54, 1.807) is 6.92 Å². The predicted octanol–water partition coefficient (Wildman–Crippen LogP) is 5.65. The number of hydrogen-bond acceptors (Lipinski definition) is 4. The highest BCUT2D eigenvalue weighted by atomic mass is 19.3. The van der Waals surface area contributed by atoms with Gasteiger partial charge in [-0.1, -0.05) is 26.0 Å². The van der Waals surface area contributed by atoms with Gasteiger partial charge in [0, 0.05) is 22.9 Å². The Balaban J connectivity index is 2.13. The maximum atomic E-state index is 14.3. The molecule has 2 aromatic carbocycles. The zero-order valence-corrected chi connectivity index (χ0v) is 18.6. The Labute approximate surface area is 189 Å². The molecule has 0 aromatic heterocycles. The molecule has 1 unspecified atom stereocenters. The summed E-state index contributed by atoms with van der Waals surface area (Å²) in [5, 5.41) is 7.63. The van der Waals surface area contributed by atoms with Crippen molar-refractivity contribution < 1.29 is 31.9 Å². The number of nitrogens with zero attached hydrogens (tertiary/aromatic N) is 2. The Hall–Kier alpha value is -3.43. The van der Waals surface area contributed by atoms with Crippen molar-refractivity contribution in [1.29, 1.82) is 0 Å². The van der Waals surface area contributed by atoms with Crippen molar-refractivity contribution in [2.24, 2.45) is 16.9 Å². The van der Waals surface area contributed by atoms with Crippen LogP contribution in [-0.2, 0) is 15.5 Å². The molecule has 0 fully saturated rings. The number of nitrogens with one attached hydrogen (secondary N) is 1. The number of rotatable bonds is 10. The molecular formula is C23H25F4N3O3. The van der Waals surface area contributed by atoms with Gasteiger partial charge < -0.3 is 10.1 Å². The van der Waals surface area contributed by atoms with E-state index >= 15 is 0 Å². The van der Waals surface area contributed by atoms with E-state index in [0.717, 1.165) is 5.01 Å². The molecule has 1 N–H and O–H groups in total. The molecular weight excluding hydrogens is 442 g/mol. The number of halogens is 4. The molecule has 0 saturated heterocycles. The number of hydrazone groups is 1. The Morgan fingerprint density at radius 2 is 1.76 bits per heavy atom. The molecule has 0 aliphatic carbocycles. The molecule has 0 aliphatic rings. The lowest BCUT2D eigenvalue weighted by molar-refractivity contribution is -0.117. The van der Waals surface area contributed by atoms with Gasteiger partial charge >= 0.3 is 6.61 Å². The van der Waals surface area contributed by atoms with Crippen molar-refractivity contribution in [2.75, 3.05) is 10.3 Å². The number of benzene rings is 2. The molecule has 178 valence electrons. The third kappa shape index (κ3) is 6.77. The lowest BCUT2D eigenvalue weighted by atomic mass is 9.97. The van der Waals surface area contributed by atoms with Gasteiger partial charge in [-0.25, -0.2) is 13.8 Å². The topological polar surface area (TPSA) is 71.0 Å². The second kappa shape index (κ2) is 10.9. The van der Waals surface area contributed by atoms with Crippen molar-refractivity contribution in [3.05, 3.63) is 54.1 Å². The number of ether oxygens (including phenoxy) is 1. The van der Waals surface area contributed by atoms with Gasteiger partial charge in [0.15, 0.2) is 0 Å². The number of anilines is 2. The minimum Gasteiger partial charge on any atom is -0.435 e. The predicted molar refractivity (Wildman–Crippen MR) is 118 cm³/mol. The van der Waals surface area contributed by atoms with Crippen LogP contribution in [0.2, 0.25) is 0 Å². The number of alkyl halides is 4. The molecule has 2 amide bonds. The van der Waals surface area contributed by atoms with Crippen LogP contribution in [-0.4, -0.2) is 24.6 Å². The van der Waals surface area contributed by atoms with Crippen LogP contribution >= 0.6 is 0 Å². The van der Waals surface area contributed by atoms with Crippen molar-refractivity contribution >= 4 is 29.4 Å². The minimum absolute atomic E-state index is 0.0849. The average Bonchev–Trinajstić information content (AvgIpc) is 2.77. The molecule has 2 rings (SSSR count). The molecule has 0 saturated carbocycles. The van der Waals surface area contributed by atoms with Gasteiger partial charge in [0.2, 0.25) is 12.3 Å². The van der Waals surface area contributed by atoms with Crippen molar-refractivity contribution in [1.82, 2.24) is 0 Å². The van der Waals surface area contributed by atoms with Crippen LogP contribution in [0.4, 0.5) is 28.9 Å². The first-order chi connectivity index (χ1) is 15.4. The molecule has 0 spiro atoms. The average molecular weight is 467 g/mol. The largest absolute Gasteiger partial charge is 0.435 e. The maximum Gasteiger partial charge on any atom is 0.387 e. The Bertz CT molecular complexity index is 995. The Kier molecular flexibility index (Phi) is 8.56. The minimum atomic E-state index is -3.05. The quantitative estimate of drug-likeness (QED) is 0.212. The van der Waals surface area contributed by atoms with E-state index in [2.05, 4.69) is 15.2 Å². The number of carbonyl (C=O) groups excluding carboxylic acids is 2. The molecule has 6 nitrogen and oxygen atoms in total. The Morgan fingerprint density at radius 3 is 2.30 bits per heavy atom. The van der Waals surface area contributed by atoms with E-state index in [-0.39, 0.29) is 28.4 Å². The third-order valence-electron chi connectivity index (χ3n) is 4.95. The van der Waals surface area contributed by atoms with Crippen LogP contribution in [0.5, 0.6) is 5.75 Å². The van der Waals surface area contributed by atoms with Crippen molar-refractivity contribution in [3.8, 4) is 5.75 Å². The fourth-order valence-electron chi connectivity index (χ4n) is 2.76. The van der Waals surface area contributed by atoms with Crippen LogP contribution in [0.3, 0.4) is 0 Å². The molecule has 0 heterocycles. The van der Waals surface area contributed by atoms with E-state index < -0.39 is 30.3 Å². The molecule has 10 heteroatoms. The summed E-state index contributed by atoms with van der Waals surface area (Å²) in [5.41, 5.74) is 0.525. The monoisotopic (exact) mass is 467 g/mol. The SMILES string of the molecule is C/C(=N/N(C=O)c1ccc(OC(F)F)cc1)C(C)C(=O)Nc1cccc(C(F)(F)C(C)C)c1. The molecule has 2 aromatic rings. The van der Waals surface area contributed by atoms with Crippen LogP contribution < -0.4 is 15.1 Å². The molecule has 0 bridgehead atoms. The first-order valence-corrected chi connectivity index (χ1v) is 10.1. The lowest BCUT2D eigenvalue weighted by Crippen LogP contribution is -2.28. The van der Waals surface area contributed by atoms with Crippen LogP contribution in [0, 0.1) is 11.8 Å². The smallest absolute Gasteiger partial charge is 0.387 e. The van der Waals surface area contributed by atoms with Gasteiger partial charge in [-0.3, -0.25) is 9.59 Å². The Morgan fingerprint density at radius 1 is 1.12 bits per heavy atom. The van der Waals surface area contributed by atoms with Crippen LogP contribution in [0.1, 0.15) is 33.3 Å². The summed E-state index contributed by atoms with van der Waals surface area (Å²) in [6.07, 6.45) is 0.397. The lowest BCUT2D eigenvalue weighted by Gasteiger charge is -2.21. The number of carbonyl (C=O) groups is 2. The second-order valence-corrected chi connectivity index (χ2v) is 7.63. The van der Waals surface area contributed by atoms with Crippen LogP contribution in [0.25, 0.3) is 0 Å². The summed E-state index contributed by atoms with van der Waals surface area (Å²) in [4.78, 5) is 24.1. The molecule has 33 heavy (non-hydrogen) atoms. The van der Waals surface area contributed by atoms with Gasteiger partial charge in [-0.2, -0.15) is 13.9 Å². The third-order valence-corrected chi connectivity index (χ3v) is 4.95. The van der Waals surface area contributed by atoms with Gasteiger partial charge in [0.05, 0.1) is 11.6 Å². The van der Waals surface area contributed by atoms with Crippen molar-refractivity contribution in [3.63, 3.8) is 0 Å². The summed E-state index contributed by atoms with van der Waals surface area (Å²) in [7, 11) is 0. The molecule has 0 aliphatic heterocycles. The first-order valence-electron chi connectivity index (χ1n) is 10.1. The highest BCUT2D eigenvalue weighted by Crippen LogP contribution is 2.36. The normalized spacial score (nSPS) is 13.1. The molecule has 0 radical (unpaired) electrons. The highest BCUT2D eigenvalue weighted by Gasteiger charge is 2.35. The van der Waals surface area contributed by atoms with Gasteiger partial charge in [-0.15, -0.1) is 0 Å². The van der Waals surface area contributed by atoms with Crippen molar-refractivity contribution in [2.45, 2.75) is 40.2 Å². The van der Waals surface area contributed by atoms with E-state index in [0.29, 0.717) is 6.41 Å². The zero-order chi connectivity index (χ0) is 24.8. The number of hydrogen-bond donors (Lipinski definition) is 1. The number of amides is 2. The summed E-state index contributed by atoms with van der Waals surface area (Å²) in [6, 6.07) is 10.7. The highest BCUT2D eigenvalue weighted by molar-refractivity contribution is 6.08. The standard InChI is InChI=1S/C23H25F4N3O3/c1-14(2)23(26,27)17-6-5-7-18(12-17)28-21(32)15(3)16(4)29-30(13-31)19-8-10-20(11-9-19)33-22(24)25/h5-15,22H,1-4H3,(H,28,32)/b29-16-. The van der Waals surface area contributed by atoms with E-state index in [1.807, 2.05) is 0 Å². The van der Waals surface area contributed by atoms with Gasteiger partial charge in [0.1, 0.15) is 5.75 Å². The summed E-state index contributed by atoms with van der Waals surface area (Å²) < 4.78 is 57.4. The summed E-state index contributed by atoms with van der Waals surface area (Å²) >= 11 is 0. The van der Waals surface area contributed by atoms with Crippen LogP contribution in [0.15, 0.2) is 53.6 Å². The fraction of sp³-hybridized carbons (Fsp3) is 0.348.